The van der Waals surface area contributed by atoms with Crippen molar-refractivity contribution in [2.75, 3.05) is 11.9 Å². The summed E-state index contributed by atoms with van der Waals surface area (Å²) in [6, 6.07) is 10.7. The monoisotopic (exact) mass is 292 g/mol. The van der Waals surface area contributed by atoms with Crippen molar-refractivity contribution in [3.8, 4) is 0 Å². The fourth-order valence-electron chi connectivity index (χ4n) is 3.29. The lowest BCUT2D eigenvalue weighted by Gasteiger charge is -2.28. The van der Waals surface area contributed by atoms with Crippen molar-refractivity contribution in [2.24, 2.45) is 0 Å². The van der Waals surface area contributed by atoms with E-state index in [1.54, 1.807) is 0 Å². The van der Waals surface area contributed by atoms with Gasteiger partial charge in [-0.3, -0.25) is 0 Å². The average Bonchev–Trinajstić information content (AvgIpc) is 3.03. The minimum absolute atomic E-state index is 0.290. The van der Waals surface area contributed by atoms with Crippen molar-refractivity contribution >= 4 is 27.6 Å². The molecule has 1 aliphatic heterocycles. The Bertz CT molecular complexity index is 907. The van der Waals surface area contributed by atoms with Gasteiger partial charge in [0.05, 0.1) is 5.69 Å². The van der Waals surface area contributed by atoms with E-state index in [-0.39, 0.29) is 0 Å². The summed E-state index contributed by atoms with van der Waals surface area (Å²) in [5.41, 5.74) is 5.56. The van der Waals surface area contributed by atoms with E-state index < -0.39 is 0 Å². The van der Waals surface area contributed by atoms with E-state index in [1.807, 2.05) is 0 Å². The van der Waals surface area contributed by atoms with Crippen LogP contribution in [0.5, 0.6) is 0 Å². The summed E-state index contributed by atoms with van der Waals surface area (Å²) in [7, 11) is 2.10. The Balaban J connectivity index is 2.06. The van der Waals surface area contributed by atoms with Gasteiger partial charge in [-0.1, -0.05) is 30.3 Å². The van der Waals surface area contributed by atoms with Crippen LogP contribution in [0.2, 0.25) is 0 Å². The molecular weight excluding hydrogens is 272 g/mol. The van der Waals surface area contributed by atoms with Gasteiger partial charge in [-0.25, -0.2) is 0 Å². The van der Waals surface area contributed by atoms with Gasteiger partial charge in [-0.05, 0) is 31.9 Å². The largest absolute Gasteiger partial charge is 0.454 e. The first-order valence-electron chi connectivity index (χ1n) is 7.68. The molecule has 3 heteroatoms. The van der Waals surface area contributed by atoms with Gasteiger partial charge in [0.1, 0.15) is 11.7 Å². The Hall–Kier alpha value is -2.42. The second-order valence-corrected chi connectivity index (χ2v) is 6.16. The van der Waals surface area contributed by atoms with Crippen molar-refractivity contribution in [1.29, 1.82) is 0 Å². The van der Waals surface area contributed by atoms with Crippen LogP contribution in [0.25, 0.3) is 21.9 Å². The van der Waals surface area contributed by atoms with E-state index >= 15 is 0 Å². The molecule has 22 heavy (non-hydrogen) atoms. The Kier molecular flexibility index (Phi) is 2.73. The van der Waals surface area contributed by atoms with Gasteiger partial charge in [-0.2, -0.15) is 0 Å². The number of rotatable bonds is 1. The molecule has 0 unspecified atom stereocenters. The second-order valence-electron chi connectivity index (χ2n) is 6.16. The third kappa shape index (κ3) is 1.68. The predicted molar refractivity (Wildman–Crippen MR) is 92.0 cm³/mol. The Labute approximate surface area is 130 Å². The number of fused-ring (bicyclic) bond motifs is 3. The molecule has 3 aromatic rings. The number of para-hydroxylation sites is 1. The van der Waals surface area contributed by atoms with Crippen LogP contribution in [-0.4, -0.2) is 18.1 Å². The Morgan fingerprint density at radius 2 is 1.68 bits per heavy atom. The quantitative estimate of drug-likeness (QED) is 0.644. The zero-order valence-electron chi connectivity index (χ0n) is 13.4. The minimum Gasteiger partial charge on any atom is -0.454 e. The lowest BCUT2D eigenvalue weighted by Crippen LogP contribution is -2.33. The van der Waals surface area contributed by atoms with E-state index in [0.717, 1.165) is 11.2 Å². The lowest BCUT2D eigenvalue weighted by atomic mass is 10.1. The molecule has 0 N–H and O–H groups in total. The van der Waals surface area contributed by atoms with Crippen LogP contribution in [0.15, 0.2) is 47.1 Å². The smallest absolute Gasteiger partial charge is 0.159 e. The molecule has 1 atom stereocenters. The molecule has 0 fully saturated rings. The van der Waals surface area contributed by atoms with Crippen molar-refractivity contribution in [3.63, 3.8) is 0 Å². The van der Waals surface area contributed by atoms with Crippen molar-refractivity contribution in [3.05, 3.63) is 53.9 Å². The standard InChI is InChI=1S/C19H20N2O/c1-12-8-9-16-15-7-5-6-13(2)18(15)22-19(16)17(12)21-11-10-20(4)14(21)3/h5-11,14H,1-4H3/t14-/m1/s1. The summed E-state index contributed by atoms with van der Waals surface area (Å²) >= 11 is 0. The van der Waals surface area contributed by atoms with Crippen LogP contribution in [0.4, 0.5) is 5.69 Å². The third-order valence-electron chi connectivity index (χ3n) is 4.75. The van der Waals surface area contributed by atoms with E-state index in [2.05, 4.69) is 80.4 Å². The van der Waals surface area contributed by atoms with Crippen LogP contribution >= 0.6 is 0 Å². The first-order chi connectivity index (χ1) is 10.6. The van der Waals surface area contributed by atoms with Crippen LogP contribution in [0.1, 0.15) is 18.1 Å². The molecule has 0 saturated carbocycles. The van der Waals surface area contributed by atoms with Crippen LogP contribution in [0, 0.1) is 13.8 Å². The van der Waals surface area contributed by atoms with E-state index in [9.17, 15) is 0 Å². The summed E-state index contributed by atoms with van der Waals surface area (Å²) in [4.78, 5) is 4.49. The van der Waals surface area contributed by atoms with Gasteiger partial charge in [0, 0.05) is 30.2 Å². The highest BCUT2D eigenvalue weighted by atomic mass is 16.3. The normalized spacial score (nSPS) is 18.1. The van der Waals surface area contributed by atoms with Gasteiger partial charge in [-0.15, -0.1) is 0 Å². The van der Waals surface area contributed by atoms with E-state index in [1.165, 1.54) is 27.6 Å². The second kappa shape index (κ2) is 4.54. The molecule has 1 aliphatic rings. The van der Waals surface area contributed by atoms with Crippen molar-refractivity contribution in [1.82, 2.24) is 4.90 Å². The summed E-state index contributed by atoms with van der Waals surface area (Å²) in [5.74, 6) is 0. The molecule has 3 nitrogen and oxygen atoms in total. The van der Waals surface area contributed by atoms with Crippen molar-refractivity contribution < 1.29 is 4.42 Å². The molecule has 112 valence electrons. The van der Waals surface area contributed by atoms with Crippen molar-refractivity contribution in [2.45, 2.75) is 26.9 Å². The van der Waals surface area contributed by atoms with Crippen LogP contribution in [-0.2, 0) is 0 Å². The SMILES string of the molecule is Cc1ccc2c(oc3c(C)cccc32)c1N1C=CN(C)[C@H]1C. The van der Waals surface area contributed by atoms with Gasteiger partial charge >= 0.3 is 0 Å². The van der Waals surface area contributed by atoms with Gasteiger partial charge in [0.15, 0.2) is 5.58 Å². The third-order valence-corrected chi connectivity index (χ3v) is 4.75. The minimum atomic E-state index is 0.290. The zero-order chi connectivity index (χ0) is 15.4. The molecule has 2 heterocycles. The highest BCUT2D eigenvalue weighted by molar-refractivity contribution is 6.10. The number of anilines is 1. The molecule has 0 aliphatic carbocycles. The predicted octanol–water partition coefficient (Wildman–Crippen LogP) is 4.77. The highest BCUT2D eigenvalue weighted by Gasteiger charge is 2.25. The lowest BCUT2D eigenvalue weighted by molar-refractivity contribution is 0.383. The van der Waals surface area contributed by atoms with Gasteiger partial charge < -0.3 is 14.2 Å². The fourth-order valence-corrected chi connectivity index (χ4v) is 3.29. The van der Waals surface area contributed by atoms with Crippen LogP contribution in [0.3, 0.4) is 0 Å². The maximum Gasteiger partial charge on any atom is 0.159 e. The number of aryl methyl sites for hydroxylation is 2. The summed E-state index contributed by atoms with van der Waals surface area (Å²) in [6.45, 7) is 6.45. The topological polar surface area (TPSA) is 19.6 Å². The van der Waals surface area contributed by atoms with Gasteiger partial charge in [0.2, 0.25) is 0 Å². The molecule has 0 bridgehead atoms. The Morgan fingerprint density at radius 3 is 2.41 bits per heavy atom. The van der Waals surface area contributed by atoms with E-state index in [4.69, 9.17) is 4.42 Å². The maximum atomic E-state index is 6.30. The molecule has 0 amide bonds. The molecule has 0 spiro atoms. The number of nitrogens with zero attached hydrogens (tertiary/aromatic N) is 2. The highest BCUT2D eigenvalue weighted by Crippen LogP contribution is 2.40. The summed E-state index contributed by atoms with van der Waals surface area (Å²) in [6.07, 6.45) is 4.53. The van der Waals surface area contributed by atoms with E-state index in [0.29, 0.717) is 6.17 Å². The number of furan rings is 1. The first kappa shape index (κ1) is 13.3. The fraction of sp³-hybridized carbons (Fsp3) is 0.263. The molecule has 0 saturated heterocycles. The number of hydrogen-bond acceptors (Lipinski definition) is 3. The zero-order valence-corrected chi connectivity index (χ0v) is 13.4. The molecular formula is C19H20N2O. The Morgan fingerprint density at radius 1 is 0.909 bits per heavy atom. The van der Waals surface area contributed by atoms with Gasteiger partial charge in [0.25, 0.3) is 0 Å². The molecule has 1 aromatic heterocycles. The molecule has 2 aromatic carbocycles. The number of benzene rings is 2. The van der Waals surface area contributed by atoms with Crippen LogP contribution < -0.4 is 4.90 Å². The first-order valence-corrected chi connectivity index (χ1v) is 7.68. The summed E-state index contributed by atoms with van der Waals surface area (Å²) in [5, 5.41) is 2.38. The summed E-state index contributed by atoms with van der Waals surface area (Å²) < 4.78 is 6.30. The number of hydrogen-bond donors (Lipinski definition) is 0. The molecule has 4 rings (SSSR count). The maximum absolute atomic E-state index is 6.30. The average molecular weight is 292 g/mol. The molecule has 0 radical (unpaired) electrons.